The van der Waals surface area contributed by atoms with Crippen LogP contribution in [0.4, 0.5) is 5.95 Å². The van der Waals surface area contributed by atoms with Crippen LogP contribution in [0, 0.1) is 0 Å². The maximum atomic E-state index is 4.66. The van der Waals surface area contributed by atoms with Crippen LogP contribution in [0.3, 0.4) is 0 Å². The van der Waals surface area contributed by atoms with Gasteiger partial charge in [-0.25, -0.2) is 19.9 Å². The highest BCUT2D eigenvalue weighted by Gasteiger charge is 2.05. The molecule has 7 heteroatoms. The lowest BCUT2D eigenvalue weighted by atomic mass is 10.1. The molecule has 0 saturated heterocycles. The Balaban J connectivity index is 1.21. The summed E-state index contributed by atoms with van der Waals surface area (Å²) in [5.74, 6) is 1.50. The molecular weight excluding hydrogens is 374 g/mol. The predicted molar refractivity (Wildman–Crippen MR) is 118 cm³/mol. The Bertz CT molecular complexity index is 1240. The number of hydrogen-bond acceptors (Lipinski definition) is 5. The fourth-order valence-corrected chi connectivity index (χ4v) is 3.46. The van der Waals surface area contributed by atoms with Gasteiger partial charge in [-0.15, -0.1) is 0 Å². The summed E-state index contributed by atoms with van der Waals surface area (Å²) < 4.78 is 2.18. The van der Waals surface area contributed by atoms with Crippen LogP contribution in [0.5, 0.6) is 0 Å². The van der Waals surface area contributed by atoms with E-state index in [1.165, 1.54) is 0 Å². The summed E-state index contributed by atoms with van der Waals surface area (Å²) >= 11 is 0. The number of nitrogens with one attached hydrogen (secondary N) is 2. The van der Waals surface area contributed by atoms with Gasteiger partial charge in [-0.3, -0.25) is 0 Å². The number of aromatic amines is 1. The minimum atomic E-state index is 0.637. The van der Waals surface area contributed by atoms with Gasteiger partial charge >= 0.3 is 0 Å². The third kappa shape index (κ3) is 3.77. The largest absolute Gasteiger partial charge is 0.354 e. The summed E-state index contributed by atoms with van der Waals surface area (Å²) in [6.07, 6.45) is 8.20. The van der Waals surface area contributed by atoms with E-state index < -0.39 is 0 Å². The SMILES string of the molecule is c1ccc2c(c1)ncn2CCCNc1nccc(-c2ccc(-c3ncc[nH]3)cc2)n1. The van der Waals surface area contributed by atoms with E-state index in [0.717, 1.165) is 53.2 Å². The lowest BCUT2D eigenvalue weighted by Crippen LogP contribution is -2.08. The van der Waals surface area contributed by atoms with Crippen LogP contribution in [0.15, 0.2) is 79.5 Å². The molecule has 0 spiro atoms. The molecule has 30 heavy (non-hydrogen) atoms. The topological polar surface area (TPSA) is 84.3 Å². The van der Waals surface area contributed by atoms with Crippen molar-refractivity contribution in [1.82, 2.24) is 29.5 Å². The molecular formula is C23H21N7. The maximum Gasteiger partial charge on any atom is 0.223 e. The molecule has 0 saturated carbocycles. The zero-order valence-electron chi connectivity index (χ0n) is 16.4. The highest BCUT2D eigenvalue weighted by molar-refractivity contribution is 5.74. The first-order chi connectivity index (χ1) is 14.9. The number of para-hydroxylation sites is 2. The molecule has 0 aliphatic carbocycles. The van der Waals surface area contributed by atoms with Crippen LogP contribution in [0.25, 0.3) is 33.7 Å². The summed E-state index contributed by atoms with van der Waals surface area (Å²) in [5.41, 5.74) is 5.16. The second-order valence-electron chi connectivity index (χ2n) is 6.99. The van der Waals surface area contributed by atoms with Gasteiger partial charge in [0.1, 0.15) is 5.82 Å². The number of H-pyrrole nitrogens is 1. The van der Waals surface area contributed by atoms with Crippen molar-refractivity contribution in [2.45, 2.75) is 13.0 Å². The fourth-order valence-electron chi connectivity index (χ4n) is 3.46. The lowest BCUT2D eigenvalue weighted by Gasteiger charge is -2.08. The quantitative estimate of drug-likeness (QED) is 0.399. The van der Waals surface area contributed by atoms with E-state index in [4.69, 9.17) is 0 Å². The molecule has 0 radical (unpaired) electrons. The molecule has 0 bridgehead atoms. The number of anilines is 1. The lowest BCUT2D eigenvalue weighted by molar-refractivity contribution is 0.675. The van der Waals surface area contributed by atoms with Gasteiger partial charge in [0.25, 0.3) is 0 Å². The van der Waals surface area contributed by atoms with Crippen LogP contribution in [-0.4, -0.2) is 36.0 Å². The van der Waals surface area contributed by atoms with Gasteiger partial charge in [-0.1, -0.05) is 36.4 Å². The third-order valence-electron chi connectivity index (χ3n) is 4.99. The van der Waals surface area contributed by atoms with E-state index >= 15 is 0 Å². The molecule has 0 aliphatic rings. The van der Waals surface area contributed by atoms with E-state index in [2.05, 4.69) is 40.9 Å². The van der Waals surface area contributed by atoms with Gasteiger partial charge in [0.05, 0.1) is 23.1 Å². The van der Waals surface area contributed by atoms with Gasteiger partial charge in [-0.05, 0) is 24.6 Å². The van der Waals surface area contributed by atoms with Crippen molar-refractivity contribution >= 4 is 17.0 Å². The van der Waals surface area contributed by atoms with E-state index in [1.807, 2.05) is 61.1 Å². The normalized spacial score (nSPS) is 11.1. The number of aryl methyl sites for hydroxylation is 1. The summed E-state index contributed by atoms with van der Waals surface area (Å²) in [5, 5.41) is 3.33. The average molecular weight is 395 g/mol. The Morgan fingerprint density at radius 1 is 0.867 bits per heavy atom. The Labute approximate surface area is 173 Å². The molecule has 0 unspecified atom stereocenters. The summed E-state index contributed by atoms with van der Waals surface area (Å²) in [6.45, 7) is 1.68. The van der Waals surface area contributed by atoms with Crippen molar-refractivity contribution < 1.29 is 0 Å². The molecule has 3 heterocycles. The van der Waals surface area contributed by atoms with E-state index in [0.29, 0.717) is 5.95 Å². The second kappa shape index (κ2) is 8.16. The number of fused-ring (bicyclic) bond motifs is 1. The summed E-state index contributed by atoms with van der Waals surface area (Å²) in [7, 11) is 0. The van der Waals surface area contributed by atoms with Crippen molar-refractivity contribution in [3.63, 3.8) is 0 Å². The van der Waals surface area contributed by atoms with Crippen molar-refractivity contribution in [2.75, 3.05) is 11.9 Å². The molecule has 0 aliphatic heterocycles. The highest BCUT2D eigenvalue weighted by Crippen LogP contribution is 2.22. The Morgan fingerprint density at radius 2 is 1.73 bits per heavy atom. The highest BCUT2D eigenvalue weighted by atomic mass is 15.1. The summed E-state index contributed by atoms with van der Waals surface area (Å²) in [4.78, 5) is 20.8. The number of rotatable bonds is 7. The number of benzene rings is 2. The van der Waals surface area contributed by atoms with Gasteiger partial charge in [0.15, 0.2) is 0 Å². The molecule has 0 fully saturated rings. The van der Waals surface area contributed by atoms with Crippen LogP contribution in [0.1, 0.15) is 6.42 Å². The standard InChI is InChI=1S/C23H21N7/c1-2-5-21-20(4-1)28-16-30(21)15-3-11-26-23-27-12-10-19(29-23)17-6-8-18(9-7-17)22-24-13-14-25-22/h1-2,4-10,12-14,16H,3,11,15H2,(H,24,25)(H,26,27,29). The molecule has 5 aromatic rings. The molecule has 2 N–H and O–H groups in total. The molecule has 0 atom stereocenters. The number of nitrogens with zero attached hydrogens (tertiary/aromatic N) is 5. The maximum absolute atomic E-state index is 4.66. The van der Waals surface area contributed by atoms with Crippen molar-refractivity contribution in [3.8, 4) is 22.6 Å². The van der Waals surface area contributed by atoms with Gasteiger partial charge < -0.3 is 14.9 Å². The van der Waals surface area contributed by atoms with Crippen LogP contribution < -0.4 is 5.32 Å². The average Bonchev–Trinajstić information content (AvgIpc) is 3.48. The molecule has 7 nitrogen and oxygen atoms in total. The Morgan fingerprint density at radius 3 is 2.60 bits per heavy atom. The van der Waals surface area contributed by atoms with Crippen molar-refractivity contribution in [2.24, 2.45) is 0 Å². The zero-order valence-corrected chi connectivity index (χ0v) is 16.4. The van der Waals surface area contributed by atoms with Crippen LogP contribution >= 0.6 is 0 Å². The van der Waals surface area contributed by atoms with Gasteiger partial charge in [-0.2, -0.15) is 0 Å². The third-order valence-corrected chi connectivity index (χ3v) is 4.99. The first kappa shape index (κ1) is 18.1. The van der Waals surface area contributed by atoms with Crippen molar-refractivity contribution in [1.29, 1.82) is 0 Å². The molecule has 148 valence electrons. The second-order valence-corrected chi connectivity index (χ2v) is 6.99. The summed E-state index contributed by atoms with van der Waals surface area (Å²) in [6, 6.07) is 18.3. The number of hydrogen-bond donors (Lipinski definition) is 2. The molecule has 3 aromatic heterocycles. The molecule has 2 aromatic carbocycles. The smallest absolute Gasteiger partial charge is 0.223 e. The van der Waals surface area contributed by atoms with E-state index in [-0.39, 0.29) is 0 Å². The molecule has 5 rings (SSSR count). The monoisotopic (exact) mass is 395 g/mol. The van der Waals surface area contributed by atoms with Gasteiger partial charge in [0.2, 0.25) is 5.95 Å². The fraction of sp³-hybridized carbons (Fsp3) is 0.130. The zero-order chi connectivity index (χ0) is 20.2. The Kier molecular flexibility index (Phi) is 4.91. The van der Waals surface area contributed by atoms with Crippen LogP contribution in [-0.2, 0) is 6.54 Å². The minimum absolute atomic E-state index is 0.637. The minimum Gasteiger partial charge on any atom is -0.354 e. The number of aromatic nitrogens is 6. The van der Waals surface area contributed by atoms with Crippen LogP contribution in [0.2, 0.25) is 0 Å². The Hall–Kier alpha value is -4.00. The first-order valence-electron chi connectivity index (χ1n) is 9.94. The predicted octanol–water partition coefficient (Wildman–Crippen LogP) is 4.39. The van der Waals surface area contributed by atoms with E-state index in [1.54, 1.807) is 12.4 Å². The molecule has 0 amide bonds. The number of imidazole rings is 2. The van der Waals surface area contributed by atoms with E-state index in [9.17, 15) is 0 Å². The van der Waals surface area contributed by atoms with Gasteiger partial charge in [0, 0.05) is 42.8 Å². The van der Waals surface area contributed by atoms with Crippen molar-refractivity contribution in [3.05, 3.63) is 79.5 Å². The first-order valence-corrected chi connectivity index (χ1v) is 9.94.